The monoisotopic (exact) mass is 562 g/mol. The number of ether oxygens (including phenoxy) is 1. The summed E-state index contributed by atoms with van der Waals surface area (Å²) in [6.07, 6.45) is 0.171. The Bertz CT molecular complexity index is 1590. The highest BCUT2D eigenvalue weighted by Crippen LogP contribution is 2.34. The van der Waals surface area contributed by atoms with E-state index in [0.29, 0.717) is 27.5 Å². The fourth-order valence-electron chi connectivity index (χ4n) is 4.74. The molecule has 1 heterocycles. The van der Waals surface area contributed by atoms with Gasteiger partial charge in [0.25, 0.3) is 5.91 Å². The summed E-state index contributed by atoms with van der Waals surface area (Å²) in [5, 5.41) is 10.5. The van der Waals surface area contributed by atoms with Crippen molar-refractivity contribution < 1.29 is 19.0 Å². The Hall–Kier alpha value is -3.87. The van der Waals surface area contributed by atoms with E-state index in [0.717, 1.165) is 22.4 Å². The summed E-state index contributed by atoms with van der Waals surface area (Å²) >= 11 is 12.8. The van der Waals surface area contributed by atoms with Crippen LogP contribution in [0.25, 0.3) is 0 Å². The molecule has 198 valence electrons. The molecule has 1 N–H and O–H groups in total. The second-order valence-corrected chi connectivity index (χ2v) is 10.2. The predicted molar refractivity (Wildman–Crippen MR) is 153 cm³/mol. The van der Waals surface area contributed by atoms with Crippen molar-refractivity contribution in [3.8, 4) is 11.5 Å². The first-order valence-electron chi connectivity index (χ1n) is 12.3. The number of fused-ring (bicyclic) bond motifs is 1. The van der Waals surface area contributed by atoms with E-state index in [2.05, 4.69) is 0 Å². The number of halogens is 3. The Labute approximate surface area is 236 Å². The number of methoxy groups -OCH3 is 1. The molecule has 1 atom stereocenters. The van der Waals surface area contributed by atoms with Crippen LogP contribution in [0.2, 0.25) is 10.0 Å². The number of aromatic hydroxyl groups is 1. The van der Waals surface area contributed by atoms with Crippen LogP contribution in [-0.4, -0.2) is 29.9 Å². The van der Waals surface area contributed by atoms with Crippen LogP contribution in [0.1, 0.15) is 27.8 Å². The largest absolute Gasteiger partial charge is 0.508 e. The number of aryl methyl sites for hydroxylation is 1. The van der Waals surface area contributed by atoms with Gasteiger partial charge >= 0.3 is 0 Å². The summed E-state index contributed by atoms with van der Waals surface area (Å²) in [6.45, 7) is 2.18. The maximum Gasteiger partial charge on any atom is 0.252 e. The van der Waals surface area contributed by atoms with Gasteiger partial charge in [-0.25, -0.2) is 4.39 Å². The fourth-order valence-corrected chi connectivity index (χ4v) is 5.16. The van der Waals surface area contributed by atoms with Gasteiger partial charge in [0.15, 0.2) is 0 Å². The molecule has 1 aliphatic rings. The van der Waals surface area contributed by atoms with Gasteiger partial charge in [-0.05, 0) is 84.3 Å². The lowest BCUT2D eigenvalue weighted by Gasteiger charge is -2.26. The number of amides is 1. The molecule has 0 bridgehead atoms. The standard InChI is InChI=1S/C31H25Cl2FN2O3/c1-18-13-21(6-12-29(18)39-2)30-25-15-22(32)7-11-28(25)36(17-19-3-9-24(37)10-4-19)31(38)27(35-30)14-20-5-8-23(34)16-26(20)33/h3-13,15-16,27,37H,14,17H2,1-2H3. The summed E-state index contributed by atoms with van der Waals surface area (Å²) in [5.74, 6) is 0.175. The van der Waals surface area contributed by atoms with E-state index in [1.54, 1.807) is 54.5 Å². The summed E-state index contributed by atoms with van der Waals surface area (Å²) in [6, 6.07) is 21.1. The van der Waals surface area contributed by atoms with Gasteiger partial charge < -0.3 is 14.7 Å². The van der Waals surface area contributed by atoms with Gasteiger partial charge in [-0.3, -0.25) is 9.79 Å². The number of carbonyl (C=O) groups is 1. The zero-order chi connectivity index (χ0) is 27.7. The van der Waals surface area contributed by atoms with Crippen molar-refractivity contribution in [2.45, 2.75) is 25.9 Å². The topological polar surface area (TPSA) is 62.1 Å². The van der Waals surface area contributed by atoms with Crippen LogP contribution >= 0.6 is 23.2 Å². The zero-order valence-corrected chi connectivity index (χ0v) is 22.8. The van der Waals surface area contributed by atoms with E-state index in [1.165, 1.54) is 12.1 Å². The van der Waals surface area contributed by atoms with Crippen LogP contribution in [0.4, 0.5) is 10.1 Å². The van der Waals surface area contributed by atoms with E-state index in [4.69, 9.17) is 32.9 Å². The lowest BCUT2D eigenvalue weighted by Crippen LogP contribution is -2.38. The molecule has 0 aliphatic carbocycles. The lowest BCUT2D eigenvalue weighted by molar-refractivity contribution is -0.119. The Balaban J connectivity index is 1.69. The number of benzodiazepines with no additional fused rings is 1. The first kappa shape index (κ1) is 26.7. The van der Waals surface area contributed by atoms with Crippen molar-refractivity contribution in [2.24, 2.45) is 4.99 Å². The lowest BCUT2D eigenvalue weighted by atomic mass is 9.98. The number of hydrogen-bond donors (Lipinski definition) is 1. The summed E-state index contributed by atoms with van der Waals surface area (Å²) in [5.41, 5.74) is 5.10. The highest BCUT2D eigenvalue weighted by atomic mass is 35.5. The number of rotatable bonds is 6. The van der Waals surface area contributed by atoms with Crippen LogP contribution in [0.3, 0.4) is 0 Å². The van der Waals surface area contributed by atoms with Crippen LogP contribution in [0, 0.1) is 12.7 Å². The van der Waals surface area contributed by atoms with E-state index in [-0.39, 0.29) is 29.6 Å². The number of aliphatic imine (C=N–C) groups is 1. The molecular formula is C31H25Cl2FN2O3. The molecule has 1 aliphatic heterocycles. The maximum atomic E-state index is 14.2. The third-order valence-corrected chi connectivity index (χ3v) is 7.30. The molecule has 39 heavy (non-hydrogen) atoms. The smallest absolute Gasteiger partial charge is 0.252 e. The van der Waals surface area contributed by atoms with Crippen molar-refractivity contribution in [2.75, 3.05) is 12.0 Å². The Morgan fingerprint density at radius 3 is 2.46 bits per heavy atom. The van der Waals surface area contributed by atoms with Gasteiger partial charge in [-0.2, -0.15) is 0 Å². The third-order valence-electron chi connectivity index (χ3n) is 6.71. The molecule has 8 heteroatoms. The van der Waals surface area contributed by atoms with Gasteiger partial charge in [0, 0.05) is 27.6 Å². The van der Waals surface area contributed by atoms with Crippen LogP contribution < -0.4 is 9.64 Å². The second kappa shape index (κ2) is 11.1. The number of phenolic OH excluding ortho intramolecular Hbond substituents is 1. The molecule has 5 rings (SSSR count). The highest BCUT2D eigenvalue weighted by molar-refractivity contribution is 6.32. The first-order valence-corrected chi connectivity index (χ1v) is 13.0. The number of carbonyl (C=O) groups excluding carboxylic acids is 1. The minimum atomic E-state index is -0.853. The number of anilines is 1. The molecule has 0 saturated heterocycles. The minimum absolute atomic E-state index is 0.137. The zero-order valence-electron chi connectivity index (χ0n) is 21.3. The molecular weight excluding hydrogens is 538 g/mol. The first-order chi connectivity index (χ1) is 18.7. The van der Waals surface area contributed by atoms with Crippen molar-refractivity contribution >= 4 is 40.5 Å². The summed E-state index contributed by atoms with van der Waals surface area (Å²) in [4.78, 5) is 20.9. The van der Waals surface area contributed by atoms with Crippen molar-refractivity contribution in [3.63, 3.8) is 0 Å². The predicted octanol–water partition coefficient (Wildman–Crippen LogP) is 7.15. The van der Waals surface area contributed by atoms with E-state index in [9.17, 15) is 14.3 Å². The second-order valence-electron chi connectivity index (χ2n) is 9.37. The SMILES string of the molecule is COc1ccc(C2=NC(Cc3ccc(F)cc3Cl)C(=O)N(Cc3ccc(O)cc3)c3ccc(Cl)cc32)cc1C. The van der Waals surface area contributed by atoms with E-state index < -0.39 is 11.9 Å². The molecule has 4 aromatic carbocycles. The Kier molecular flexibility index (Phi) is 7.60. The summed E-state index contributed by atoms with van der Waals surface area (Å²) < 4.78 is 19.2. The van der Waals surface area contributed by atoms with E-state index in [1.807, 2.05) is 31.2 Å². The van der Waals surface area contributed by atoms with Gasteiger partial charge in [0.05, 0.1) is 25.1 Å². The molecule has 1 amide bonds. The van der Waals surface area contributed by atoms with E-state index >= 15 is 0 Å². The molecule has 1 unspecified atom stereocenters. The average Bonchev–Trinajstić information content (AvgIpc) is 3.01. The third kappa shape index (κ3) is 5.63. The average molecular weight is 563 g/mol. The molecule has 4 aromatic rings. The van der Waals surface area contributed by atoms with Gasteiger partial charge in [-0.1, -0.05) is 41.4 Å². The Morgan fingerprint density at radius 2 is 1.77 bits per heavy atom. The van der Waals surface area contributed by atoms with Crippen LogP contribution in [0.15, 0.2) is 83.9 Å². The normalized spacial score (nSPS) is 15.0. The molecule has 0 saturated carbocycles. The molecule has 0 fully saturated rings. The molecule has 0 spiro atoms. The molecule has 5 nitrogen and oxygen atoms in total. The highest BCUT2D eigenvalue weighted by Gasteiger charge is 2.33. The number of hydrogen-bond acceptors (Lipinski definition) is 4. The van der Waals surface area contributed by atoms with Crippen molar-refractivity contribution in [1.29, 1.82) is 0 Å². The fraction of sp³-hybridized carbons (Fsp3) is 0.161. The van der Waals surface area contributed by atoms with Crippen molar-refractivity contribution in [1.82, 2.24) is 0 Å². The molecule has 0 radical (unpaired) electrons. The Morgan fingerprint density at radius 1 is 1.00 bits per heavy atom. The minimum Gasteiger partial charge on any atom is -0.508 e. The molecule has 0 aromatic heterocycles. The maximum absolute atomic E-state index is 14.2. The van der Waals surface area contributed by atoms with Crippen LogP contribution in [-0.2, 0) is 17.8 Å². The van der Waals surface area contributed by atoms with Crippen LogP contribution in [0.5, 0.6) is 11.5 Å². The number of benzene rings is 4. The van der Waals surface area contributed by atoms with Crippen molar-refractivity contribution in [3.05, 3.63) is 123 Å². The summed E-state index contributed by atoms with van der Waals surface area (Å²) in [7, 11) is 1.61. The number of nitrogens with zero attached hydrogens (tertiary/aromatic N) is 2. The van der Waals surface area contributed by atoms with Gasteiger partial charge in [0.2, 0.25) is 0 Å². The van der Waals surface area contributed by atoms with Gasteiger partial charge in [-0.15, -0.1) is 0 Å². The number of phenols is 1. The quantitative estimate of drug-likeness (QED) is 0.271. The van der Waals surface area contributed by atoms with Gasteiger partial charge in [0.1, 0.15) is 23.4 Å².